The van der Waals surface area contributed by atoms with Gasteiger partial charge in [0.25, 0.3) is 0 Å². The lowest BCUT2D eigenvalue weighted by atomic mass is 9.88. The molecule has 0 radical (unpaired) electrons. The molecular weight excluding hydrogens is 829 g/mol. The van der Waals surface area contributed by atoms with Crippen LogP contribution in [-0.2, 0) is 57.2 Å². The molecule has 0 aromatic carbocycles. The fraction of sp³-hybridized carbons (Fsp3) is 0.887. The summed E-state index contributed by atoms with van der Waals surface area (Å²) in [5.74, 6) is -1.83. The van der Waals surface area contributed by atoms with Crippen LogP contribution in [0, 0.1) is 10.8 Å². The number of carbonyl (C=O) groups excluding carboxylic acids is 6. The molecule has 12 nitrogen and oxygen atoms in total. The third-order valence-corrected chi connectivity index (χ3v) is 12.4. The monoisotopic (exact) mass is 925 g/mol. The van der Waals surface area contributed by atoms with Gasteiger partial charge in [0.05, 0.1) is 10.8 Å². The molecule has 0 fully saturated rings. The highest BCUT2D eigenvalue weighted by Gasteiger charge is 2.35. The Morgan fingerprint density at radius 1 is 0.246 bits per heavy atom. The Morgan fingerprint density at radius 2 is 0.400 bits per heavy atom. The maximum Gasteiger partial charge on any atom is 0.305 e. The van der Waals surface area contributed by atoms with Crippen LogP contribution in [-0.4, -0.2) is 75.5 Å². The van der Waals surface area contributed by atoms with Crippen LogP contribution >= 0.6 is 0 Å². The quantitative estimate of drug-likeness (QED) is 0.0324. The average molecular weight is 925 g/mol. The van der Waals surface area contributed by atoms with Crippen LogP contribution in [0.4, 0.5) is 0 Å². The van der Waals surface area contributed by atoms with Crippen LogP contribution in [0.5, 0.6) is 0 Å². The minimum Gasteiger partial charge on any atom is -0.465 e. The van der Waals surface area contributed by atoms with Crippen molar-refractivity contribution in [1.29, 1.82) is 0 Å². The van der Waals surface area contributed by atoms with Gasteiger partial charge in [0, 0.05) is 38.5 Å². The predicted octanol–water partition coefficient (Wildman–Crippen LogP) is 13.2. The second-order valence-corrected chi connectivity index (χ2v) is 18.6. The molecule has 0 saturated carbocycles. The molecule has 12 heteroatoms. The van der Waals surface area contributed by atoms with Crippen molar-refractivity contribution < 1.29 is 57.2 Å². The number of rotatable bonds is 46. The molecule has 0 bridgehead atoms. The Morgan fingerprint density at radius 3 is 0.569 bits per heavy atom. The van der Waals surface area contributed by atoms with Gasteiger partial charge in [0.15, 0.2) is 0 Å². The van der Waals surface area contributed by atoms with Crippen LogP contribution in [0.1, 0.15) is 253 Å². The van der Waals surface area contributed by atoms with E-state index in [1.165, 1.54) is 0 Å². The number of hydrogen-bond acceptors (Lipinski definition) is 12. The van der Waals surface area contributed by atoms with Gasteiger partial charge in [-0.3, -0.25) is 28.8 Å². The summed E-state index contributed by atoms with van der Waals surface area (Å²) in [4.78, 5) is 76.0. The van der Waals surface area contributed by atoms with Crippen molar-refractivity contribution in [2.75, 3.05) is 39.6 Å². The summed E-state index contributed by atoms with van der Waals surface area (Å²) >= 11 is 0. The third kappa shape index (κ3) is 35.7. The highest BCUT2D eigenvalue weighted by atomic mass is 16.6. The van der Waals surface area contributed by atoms with Crippen molar-refractivity contribution in [3.63, 3.8) is 0 Å². The molecule has 1 atom stereocenters. The van der Waals surface area contributed by atoms with Gasteiger partial charge in [0.1, 0.15) is 39.6 Å². The topological polar surface area (TPSA) is 158 Å². The number of esters is 6. The van der Waals surface area contributed by atoms with Crippen molar-refractivity contribution in [2.24, 2.45) is 10.8 Å². The third-order valence-electron chi connectivity index (χ3n) is 12.4. The summed E-state index contributed by atoms with van der Waals surface area (Å²) in [5.41, 5.74) is -1.63. The summed E-state index contributed by atoms with van der Waals surface area (Å²) in [7, 11) is 0. The van der Waals surface area contributed by atoms with Crippen LogP contribution < -0.4 is 0 Å². The lowest BCUT2D eigenvalue weighted by Gasteiger charge is -2.31. The zero-order chi connectivity index (χ0) is 48.3. The van der Waals surface area contributed by atoms with Gasteiger partial charge >= 0.3 is 35.8 Å². The van der Waals surface area contributed by atoms with Crippen molar-refractivity contribution >= 4 is 35.8 Å². The van der Waals surface area contributed by atoms with E-state index in [2.05, 4.69) is 27.7 Å². The van der Waals surface area contributed by atoms with E-state index < -0.39 is 10.8 Å². The molecule has 380 valence electrons. The molecule has 65 heavy (non-hydrogen) atoms. The Hall–Kier alpha value is -3.18. The summed E-state index contributed by atoms with van der Waals surface area (Å²) in [5, 5.41) is 0. The molecule has 0 aliphatic rings. The molecule has 0 aromatic rings. The minimum atomic E-state index is -0.814. The zero-order valence-electron chi connectivity index (χ0n) is 42.5. The number of ether oxygens (including phenoxy) is 6. The lowest BCUT2D eigenvalue weighted by Crippen LogP contribution is -2.39. The maximum atomic E-state index is 12.8. The smallest absolute Gasteiger partial charge is 0.305 e. The van der Waals surface area contributed by atoms with E-state index >= 15 is 0 Å². The summed E-state index contributed by atoms with van der Waals surface area (Å²) in [6, 6.07) is 0. The van der Waals surface area contributed by atoms with Crippen molar-refractivity contribution in [3.8, 4) is 0 Å². The highest BCUT2D eigenvalue weighted by molar-refractivity contribution is 5.71. The first-order valence-corrected chi connectivity index (χ1v) is 26.4. The van der Waals surface area contributed by atoms with E-state index in [9.17, 15) is 28.8 Å². The first-order valence-electron chi connectivity index (χ1n) is 26.4. The Labute approximate surface area is 395 Å². The Balaban J connectivity index is 4.89. The fourth-order valence-electron chi connectivity index (χ4n) is 7.26. The molecule has 0 aliphatic carbocycles. The summed E-state index contributed by atoms with van der Waals surface area (Å²) in [6.07, 6.45) is 26.9. The Kier molecular flexibility index (Phi) is 40.1. The van der Waals surface area contributed by atoms with Gasteiger partial charge in [-0.15, -0.1) is 0 Å². The predicted molar refractivity (Wildman–Crippen MR) is 257 cm³/mol. The first kappa shape index (κ1) is 61.8. The molecule has 0 saturated heterocycles. The van der Waals surface area contributed by atoms with Gasteiger partial charge in [-0.05, 0) is 51.4 Å². The first-order chi connectivity index (χ1) is 31.4. The van der Waals surface area contributed by atoms with Crippen LogP contribution in [0.25, 0.3) is 0 Å². The molecule has 0 aromatic heterocycles. The van der Waals surface area contributed by atoms with Gasteiger partial charge in [-0.1, -0.05) is 164 Å². The van der Waals surface area contributed by atoms with Gasteiger partial charge in [-0.2, -0.15) is 0 Å². The van der Waals surface area contributed by atoms with Gasteiger partial charge < -0.3 is 28.4 Å². The van der Waals surface area contributed by atoms with Crippen molar-refractivity contribution in [1.82, 2.24) is 0 Å². The SMILES string of the molecule is CCCCCCCC(=O)OCC(CC)(COC(=O)CCCCCC)COC(=O)CCCCCCCCC(=O)OCC(CC)(COC(=O)CCCCCCC)COC(=O)CCCCCCC. The number of hydrogen-bond donors (Lipinski definition) is 0. The largest absolute Gasteiger partial charge is 0.465 e. The minimum absolute atomic E-state index is 0.0000156. The van der Waals surface area contributed by atoms with E-state index in [-0.39, 0.29) is 88.3 Å². The average Bonchev–Trinajstić information content (AvgIpc) is 3.30. The summed E-state index contributed by atoms with van der Waals surface area (Å²) in [6.45, 7) is 12.5. The normalized spacial score (nSPS) is 12.3. The lowest BCUT2D eigenvalue weighted by molar-refractivity contribution is -0.165. The summed E-state index contributed by atoms with van der Waals surface area (Å²) < 4.78 is 34.1. The van der Waals surface area contributed by atoms with Gasteiger partial charge in [-0.25, -0.2) is 0 Å². The molecule has 0 rings (SSSR count). The van der Waals surface area contributed by atoms with E-state index in [0.29, 0.717) is 51.4 Å². The van der Waals surface area contributed by atoms with E-state index in [4.69, 9.17) is 28.4 Å². The van der Waals surface area contributed by atoms with Crippen LogP contribution in [0.15, 0.2) is 0 Å². The fourth-order valence-corrected chi connectivity index (χ4v) is 7.26. The van der Waals surface area contributed by atoms with Crippen LogP contribution in [0.2, 0.25) is 0 Å². The second-order valence-electron chi connectivity index (χ2n) is 18.6. The van der Waals surface area contributed by atoms with Crippen molar-refractivity contribution in [3.05, 3.63) is 0 Å². The molecule has 0 amide bonds. The molecule has 0 heterocycles. The van der Waals surface area contributed by atoms with E-state index in [0.717, 1.165) is 148 Å². The van der Waals surface area contributed by atoms with E-state index in [1.54, 1.807) is 0 Å². The molecule has 0 N–H and O–H groups in total. The number of unbranched alkanes of at least 4 members (excludes halogenated alkanes) is 20. The number of carbonyl (C=O) groups is 6. The van der Waals surface area contributed by atoms with Crippen molar-refractivity contribution in [2.45, 2.75) is 253 Å². The molecule has 1 unspecified atom stereocenters. The molecule has 0 spiro atoms. The molecular formula is C53H96O12. The van der Waals surface area contributed by atoms with Crippen LogP contribution in [0.3, 0.4) is 0 Å². The maximum absolute atomic E-state index is 12.8. The van der Waals surface area contributed by atoms with E-state index in [1.807, 2.05) is 13.8 Å². The highest BCUT2D eigenvalue weighted by Crippen LogP contribution is 2.27. The standard InChI is InChI=1S/C53H96O12/c1-7-13-17-23-29-35-47(55)61-41-52(11-5,40-60-46(54)34-28-20-16-10-4)44-64-50(58)38-32-26-21-22-27-33-39-51(59)65-45-53(12-6,42-62-48(56)36-30-24-18-14-8-2)43-63-49(57)37-31-25-19-15-9-3/h7-45H2,1-6H3. The van der Waals surface area contributed by atoms with Gasteiger partial charge in [0.2, 0.25) is 0 Å². The molecule has 0 aliphatic heterocycles. The Bertz CT molecular complexity index is 1210. The second kappa shape index (κ2) is 42.2. The zero-order valence-corrected chi connectivity index (χ0v) is 42.5.